The standard InChI is InChI=1S/C13H19NO2/c1-3-4-11-7-8-14(9-11)13-6-5-12(16-13)10(2)15/h5-6,11H,3-4,7-9H2,1-2H3. The Labute approximate surface area is 96.4 Å². The van der Waals surface area contributed by atoms with E-state index in [-0.39, 0.29) is 5.78 Å². The number of rotatable bonds is 4. The zero-order valence-electron chi connectivity index (χ0n) is 10.0. The summed E-state index contributed by atoms with van der Waals surface area (Å²) in [6.45, 7) is 5.88. The van der Waals surface area contributed by atoms with Crippen LogP contribution in [-0.4, -0.2) is 18.9 Å². The van der Waals surface area contributed by atoms with E-state index in [9.17, 15) is 4.79 Å². The molecule has 16 heavy (non-hydrogen) atoms. The molecule has 1 atom stereocenters. The second-order valence-electron chi connectivity index (χ2n) is 4.58. The molecular weight excluding hydrogens is 202 g/mol. The summed E-state index contributed by atoms with van der Waals surface area (Å²) in [7, 11) is 0. The van der Waals surface area contributed by atoms with Gasteiger partial charge in [-0.3, -0.25) is 4.79 Å². The van der Waals surface area contributed by atoms with Crippen LogP contribution in [0.25, 0.3) is 0 Å². The summed E-state index contributed by atoms with van der Waals surface area (Å²) in [5.74, 6) is 2.10. The maximum absolute atomic E-state index is 11.1. The van der Waals surface area contributed by atoms with Crippen molar-refractivity contribution in [3.63, 3.8) is 0 Å². The van der Waals surface area contributed by atoms with Crippen molar-refractivity contribution in [2.45, 2.75) is 33.1 Å². The van der Waals surface area contributed by atoms with Gasteiger partial charge in [-0.1, -0.05) is 13.3 Å². The molecule has 1 aliphatic rings. The van der Waals surface area contributed by atoms with E-state index in [1.54, 1.807) is 6.07 Å². The Morgan fingerprint density at radius 1 is 1.56 bits per heavy atom. The van der Waals surface area contributed by atoms with Crippen LogP contribution in [0.5, 0.6) is 0 Å². The molecule has 0 saturated carbocycles. The van der Waals surface area contributed by atoms with E-state index in [0.717, 1.165) is 24.9 Å². The minimum absolute atomic E-state index is 0.00412. The van der Waals surface area contributed by atoms with Crippen LogP contribution < -0.4 is 4.90 Å². The smallest absolute Gasteiger partial charge is 0.196 e. The Bertz CT molecular complexity index is 370. The van der Waals surface area contributed by atoms with Crippen molar-refractivity contribution >= 4 is 11.7 Å². The molecule has 1 aromatic heterocycles. The number of carbonyl (C=O) groups is 1. The van der Waals surface area contributed by atoms with E-state index in [4.69, 9.17) is 4.42 Å². The Morgan fingerprint density at radius 2 is 2.38 bits per heavy atom. The third-order valence-corrected chi connectivity index (χ3v) is 3.23. The van der Waals surface area contributed by atoms with Crippen molar-refractivity contribution in [3.05, 3.63) is 17.9 Å². The second kappa shape index (κ2) is 4.73. The third kappa shape index (κ3) is 2.29. The molecule has 1 unspecified atom stereocenters. The maximum Gasteiger partial charge on any atom is 0.196 e. The Morgan fingerprint density at radius 3 is 3.00 bits per heavy atom. The molecule has 3 nitrogen and oxygen atoms in total. The van der Waals surface area contributed by atoms with Gasteiger partial charge in [0.15, 0.2) is 17.4 Å². The van der Waals surface area contributed by atoms with E-state index >= 15 is 0 Å². The SMILES string of the molecule is CCCC1CCN(c2ccc(C(C)=O)o2)C1. The number of Topliss-reactive ketones (excluding diaryl/α,β-unsaturated/α-hetero) is 1. The van der Waals surface area contributed by atoms with Crippen molar-refractivity contribution in [1.82, 2.24) is 0 Å². The number of hydrogen-bond donors (Lipinski definition) is 0. The first-order valence-corrected chi connectivity index (χ1v) is 6.06. The van der Waals surface area contributed by atoms with Crippen molar-refractivity contribution in [1.29, 1.82) is 0 Å². The summed E-state index contributed by atoms with van der Waals surface area (Å²) < 4.78 is 5.53. The lowest BCUT2D eigenvalue weighted by Crippen LogP contribution is -2.18. The molecule has 2 heterocycles. The fourth-order valence-corrected chi connectivity index (χ4v) is 2.36. The first-order chi connectivity index (χ1) is 7.70. The summed E-state index contributed by atoms with van der Waals surface area (Å²) in [6.07, 6.45) is 3.77. The van der Waals surface area contributed by atoms with Crippen LogP contribution in [-0.2, 0) is 0 Å². The fraction of sp³-hybridized carbons (Fsp3) is 0.615. The zero-order valence-corrected chi connectivity index (χ0v) is 10.0. The lowest BCUT2D eigenvalue weighted by Gasteiger charge is -2.14. The molecule has 0 amide bonds. The molecule has 0 aromatic carbocycles. The summed E-state index contributed by atoms with van der Waals surface area (Å²) in [5, 5.41) is 0. The second-order valence-corrected chi connectivity index (χ2v) is 4.58. The van der Waals surface area contributed by atoms with Gasteiger partial charge in [-0.2, -0.15) is 0 Å². The summed E-state index contributed by atoms with van der Waals surface area (Å²) in [4.78, 5) is 13.4. The Kier molecular flexibility index (Phi) is 3.32. The van der Waals surface area contributed by atoms with Gasteiger partial charge in [-0.25, -0.2) is 0 Å². The molecule has 1 aliphatic heterocycles. The highest BCUT2D eigenvalue weighted by Gasteiger charge is 2.24. The van der Waals surface area contributed by atoms with Gasteiger partial charge in [0.05, 0.1) is 0 Å². The van der Waals surface area contributed by atoms with Crippen LogP contribution in [0.15, 0.2) is 16.5 Å². The van der Waals surface area contributed by atoms with Crippen LogP contribution in [0.3, 0.4) is 0 Å². The quantitative estimate of drug-likeness (QED) is 0.732. The monoisotopic (exact) mass is 221 g/mol. The lowest BCUT2D eigenvalue weighted by atomic mass is 10.0. The topological polar surface area (TPSA) is 33.5 Å². The lowest BCUT2D eigenvalue weighted by molar-refractivity contribution is 0.0988. The molecule has 1 saturated heterocycles. The summed E-state index contributed by atoms with van der Waals surface area (Å²) in [6, 6.07) is 3.68. The number of hydrogen-bond acceptors (Lipinski definition) is 3. The minimum Gasteiger partial charge on any atom is -0.437 e. The third-order valence-electron chi connectivity index (χ3n) is 3.23. The van der Waals surface area contributed by atoms with Crippen LogP contribution in [0.4, 0.5) is 5.88 Å². The predicted molar refractivity (Wildman–Crippen MR) is 63.9 cm³/mol. The molecule has 88 valence electrons. The Balaban J connectivity index is 2.00. The van der Waals surface area contributed by atoms with Gasteiger partial charge >= 0.3 is 0 Å². The Hall–Kier alpha value is -1.25. The fourth-order valence-electron chi connectivity index (χ4n) is 2.36. The highest BCUT2D eigenvalue weighted by atomic mass is 16.4. The summed E-state index contributed by atoms with van der Waals surface area (Å²) in [5.41, 5.74) is 0. The van der Waals surface area contributed by atoms with Crippen LogP contribution in [0, 0.1) is 5.92 Å². The number of anilines is 1. The van der Waals surface area contributed by atoms with Gasteiger partial charge < -0.3 is 9.32 Å². The number of nitrogens with zero attached hydrogens (tertiary/aromatic N) is 1. The van der Waals surface area contributed by atoms with E-state index < -0.39 is 0 Å². The van der Waals surface area contributed by atoms with Gasteiger partial charge in [-0.15, -0.1) is 0 Å². The van der Waals surface area contributed by atoms with Crippen molar-refractivity contribution in [2.75, 3.05) is 18.0 Å². The first kappa shape index (κ1) is 11.2. The highest BCUT2D eigenvalue weighted by molar-refractivity contribution is 5.91. The van der Waals surface area contributed by atoms with Crippen LogP contribution in [0.1, 0.15) is 43.7 Å². The van der Waals surface area contributed by atoms with Gasteiger partial charge in [-0.05, 0) is 24.8 Å². The van der Waals surface area contributed by atoms with E-state index in [1.807, 2.05) is 6.07 Å². The molecule has 1 fully saturated rings. The van der Waals surface area contributed by atoms with Crippen LogP contribution >= 0.6 is 0 Å². The van der Waals surface area contributed by atoms with Gasteiger partial charge in [0, 0.05) is 26.1 Å². The van der Waals surface area contributed by atoms with Crippen molar-refractivity contribution in [3.8, 4) is 0 Å². The predicted octanol–water partition coefficient (Wildman–Crippen LogP) is 3.11. The zero-order chi connectivity index (χ0) is 11.5. The molecule has 0 aliphatic carbocycles. The van der Waals surface area contributed by atoms with Gasteiger partial charge in [0.25, 0.3) is 0 Å². The number of carbonyl (C=O) groups excluding carboxylic acids is 1. The first-order valence-electron chi connectivity index (χ1n) is 6.06. The average Bonchev–Trinajstić information content (AvgIpc) is 2.84. The maximum atomic E-state index is 11.1. The van der Waals surface area contributed by atoms with E-state index in [2.05, 4.69) is 11.8 Å². The molecule has 2 rings (SSSR count). The van der Waals surface area contributed by atoms with E-state index in [0.29, 0.717) is 5.76 Å². The number of furan rings is 1. The van der Waals surface area contributed by atoms with Crippen molar-refractivity contribution in [2.24, 2.45) is 5.92 Å². The number of ketones is 1. The van der Waals surface area contributed by atoms with Gasteiger partial charge in [0.1, 0.15) is 0 Å². The van der Waals surface area contributed by atoms with Gasteiger partial charge in [0.2, 0.25) is 0 Å². The molecular formula is C13H19NO2. The normalized spacial score (nSPS) is 20.4. The highest BCUT2D eigenvalue weighted by Crippen LogP contribution is 2.27. The molecule has 0 bridgehead atoms. The van der Waals surface area contributed by atoms with E-state index in [1.165, 1.54) is 26.2 Å². The molecule has 0 spiro atoms. The molecule has 3 heteroatoms. The molecule has 0 N–H and O–H groups in total. The average molecular weight is 221 g/mol. The van der Waals surface area contributed by atoms with Crippen LogP contribution in [0.2, 0.25) is 0 Å². The molecule has 1 aromatic rings. The minimum atomic E-state index is -0.00412. The summed E-state index contributed by atoms with van der Waals surface area (Å²) >= 11 is 0. The van der Waals surface area contributed by atoms with Crippen molar-refractivity contribution < 1.29 is 9.21 Å². The largest absolute Gasteiger partial charge is 0.437 e. The molecule has 0 radical (unpaired) electrons.